The predicted octanol–water partition coefficient (Wildman–Crippen LogP) is -0.961. The van der Waals surface area contributed by atoms with Gasteiger partial charge >= 0.3 is 0 Å². The first-order valence-electron chi connectivity index (χ1n) is 6.64. The van der Waals surface area contributed by atoms with E-state index in [1.807, 2.05) is 0 Å². The first-order chi connectivity index (χ1) is 9.76. The molecule has 1 saturated heterocycles. The van der Waals surface area contributed by atoms with Crippen molar-refractivity contribution in [2.24, 2.45) is 5.73 Å². The van der Waals surface area contributed by atoms with E-state index in [1.165, 1.54) is 0 Å². The highest BCUT2D eigenvalue weighted by Gasteiger charge is 2.20. The van der Waals surface area contributed by atoms with E-state index in [2.05, 4.69) is 37.3 Å². The van der Waals surface area contributed by atoms with Gasteiger partial charge in [0.05, 0.1) is 12.7 Å². The maximum Gasteiger partial charge on any atom is 0.281 e. The zero-order valence-corrected chi connectivity index (χ0v) is 11.4. The summed E-state index contributed by atoms with van der Waals surface area (Å²) < 4.78 is 6.92. The van der Waals surface area contributed by atoms with Gasteiger partial charge in [-0.3, -0.25) is 4.68 Å². The van der Waals surface area contributed by atoms with Crippen molar-refractivity contribution in [2.75, 3.05) is 44.7 Å². The van der Waals surface area contributed by atoms with E-state index >= 15 is 0 Å². The lowest BCUT2D eigenvalue weighted by atomic mass is 10.3. The minimum absolute atomic E-state index is 0.391. The zero-order valence-electron chi connectivity index (χ0n) is 11.4. The van der Waals surface area contributed by atoms with Crippen LogP contribution in [0.15, 0.2) is 10.7 Å². The molecule has 1 aliphatic heterocycles. The SMILES string of the molecule is CN1CCN(c2noc(-c3cn(CCN)nn3)n2)CC1. The molecule has 2 N–H and O–H groups in total. The summed E-state index contributed by atoms with van der Waals surface area (Å²) in [5.41, 5.74) is 6.05. The molecule has 2 aromatic heterocycles. The lowest BCUT2D eigenvalue weighted by Gasteiger charge is -2.31. The Morgan fingerprint density at radius 1 is 1.30 bits per heavy atom. The van der Waals surface area contributed by atoms with Gasteiger partial charge in [-0.2, -0.15) is 4.98 Å². The predicted molar refractivity (Wildman–Crippen MR) is 72.1 cm³/mol. The molecule has 0 atom stereocenters. The van der Waals surface area contributed by atoms with Crippen LogP contribution in [0.4, 0.5) is 5.95 Å². The molecule has 0 radical (unpaired) electrons. The van der Waals surface area contributed by atoms with E-state index < -0.39 is 0 Å². The van der Waals surface area contributed by atoms with Crippen molar-refractivity contribution < 1.29 is 4.52 Å². The van der Waals surface area contributed by atoms with Crippen LogP contribution in [-0.2, 0) is 6.54 Å². The summed E-state index contributed by atoms with van der Waals surface area (Å²) in [6.45, 7) is 4.92. The second-order valence-electron chi connectivity index (χ2n) is 4.85. The number of likely N-dealkylation sites (N-methyl/N-ethyl adjacent to an activating group) is 1. The van der Waals surface area contributed by atoms with Crippen LogP contribution < -0.4 is 10.6 Å². The number of hydrogen-bond donors (Lipinski definition) is 1. The highest BCUT2D eigenvalue weighted by Crippen LogP contribution is 2.18. The molecular formula is C11H18N8O. The highest BCUT2D eigenvalue weighted by molar-refractivity contribution is 5.47. The molecule has 1 fully saturated rings. The highest BCUT2D eigenvalue weighted by atomic mass is 16.5. The average Bonchev–Trinajstić information content (AvgIpc) is 3.08. The van der Waals surface area contributed by atoms with Gasteiger partial charge < -0.3 is 20.1 Å². The fourth-order valence-electron chi connectivity index (χ4n) is 2.09. The molecular weight excluding hydrogens is 260 g/mol. The molecule has 0 aromatic carbocycles. The molecule has 0 amide bonds. The summed E-state index contributed by atoms with van der Waals surface area (Å²) in [5, 5.41) is 12.0. The number of nitrogens with two attached hydrogens (primary N) is 1. The lowest BCUT2D eigenvalue weighted by Crippen LogP contribution is -2.44. The summed E-state index contributed by atoms with van der Waals surface area (Å²) in [7, 11) is 2.11. The smallest absolute Gasteiger partial charge is 0.281 e. The van der Waals surface area contributed by atoms with Crippen LogP contribution in [0.2, 0.25) is 0 Å². The fourth-order valence-corrected chi connectivity index (χ4v) is 2.09. The Morgan fingerprint density at radius 2 is 2.10 bits per heavy atom. The third-order valence-corrected chi connectivity index (χ3v) is 3.32. The van der Waals surface area contributed by atoms with Crippen molar-refractivity contribution >= 4 is 5.95 Å². The van der Waals surface area contributed by atoms with Crippen LogP contribution in [0, 0.1) is 0 Å². The minimum atomic E-state index is 0.391. The van der Waals surface area contributed by atoms with Gasteiger partial charge in [-0.15, -0.1) is 5.10 Å². The minimum Gasteiger partial charge on any atom is -0.336 e. The first-order valence-corrected chi connectivity index (χ1v) is 6.64. The van der Waals surface area contributed by atoms with Crippen LogP contribution >= 0.6 is 0 Å². The van der Waals surface area contributed by atoms with Crippen molar-refractivity contribution in [3.8, 4) is 11.6 Å². The summed E-state index contributed by atoms with van der Waals surface area (Å²) in [4.78, 5) is 8.77. The second-order valence-corrected chi connectivity index (χ2v) is 4.85. The van der Waals surface area contributed by atoms with Crippen molar-refractivity contribution in [1.29, 1.82) is 0 Å². The van der Waals surface area contributed by atoms with Crippen LogP contribution in [0.3, 0.4) is 0 Å². The molecule has 108 valence electrons. The molecule has 3 heterocycles. The Hall–Kier alpha value is -2.00. The van der Waals surface area contributed by atoms with Crippen molar-refractivity contribution in [3.05, 3.63) is 6.20 Å². The molecule has 2 aromatic rings. The number of nitrogens with zero attached hydrogens (tertiary/aromatic N) is 7. The standard InChI is InChI=1S/C11H18N8O/c1-17-4-6-18(7-5-17)11-13-10(20-15-11)9-8-19(3-2-12)16-14-9/h8H,2-7,12H2,1H3. The normalized spacial score (nSPS) is 16.8. The quantitative estimate of drug-likeness (QED) is 0.763. The van der Waals surface area contributed by atoms with Gasteiger partial charge in [-0.25, -0.2) is 0 Å². The van der Waals surface area contributed by atoms with Gasteiger partial charge in [-0.05, 0) is 12.2 Å². The monoisotopic (exact) mass is 278 g/mol. The van der Waals surface area contributed by atoms with Crippen LogP contribution in [0.5, 0.6) is 0 Å². The summed E-state index contributed by atoms with van der Waals surface area (Å²) >= 11 is 0. The Balaban J connectivity index is 1.72. The van der Waals surface area contributed by atoms with Gasteiger partial charge in [0, 0.05) is 32.7 Å². The van der Waals surface area contributed by atoms with Gasteiger partial charge in [-0.1, -0.05) is 5.21 Å². The molecule has 0 aliphatic carbocycles. The number of rotatable bonds is 4. The van der Waals surface area contributed by atoms with Crippen LogP contribution in [-0.4, -0.2) is 69.8 Å². The molecule has 0 saturated carbocycles. The molecule has 0 bridgehead atoms. The summed E-state index contributed by atoms with van der Waals surface area (Å²) in [6, 6.07) is 0. The number of hydrogen-bond acceptors (Lipinski definition) is 8. The van der Waals surface area contributed by atoms with E-state index in [-0.39, 0.29) is 0 Å². The maximum absolute atomic E-state index is 5.47. The molecule has 9 nitrogen and oxygen atoms in total. The van der Waals surface area contributed by atoms with E-state index in [0.29, 0.717) is 30.6 Å². The van der Waals surface area contributed by atoms with E-state index in [4.69, 9.17) is 10.3 Å². The van der Waals surface area contributed by atoms with Crippen LogP contribution in [0.1, 0.15) is 0 Å². The molecule has 20 heavy (non-hydrogen) atoms. The second kappa shape index (κ2) is 5.55. The van der Waals surface area contributed by atoms with E-state index in [1.54, 1.807) is 10.9 Å². The molecule has 3 rings (SSSR count). The summed E-state index contributed by atoms with van der Waals surface area (Å²) in [5.74, 6) is 1.00. The average molecular weight is 278 g/mol. The Morgan fingerprint density at radius 3 is 2.85 bits per heavy atom. The maximum atomic E-state index is 5.47. The van der Waals surface area contributed by atoms with E-state index in [9.17, 15) is 0 Å². The van der Waals surface area contributed by atoms with Crippen LogP contribution in [0.25, 0.3) is 11.6 Å². The Bertz CT molecular complexity index is 556. The Kier molecular flexibility index (Phi) is 3.61. The van der Waals surface area contributed by atoms with Crippen molar-refractivity contribution in [1.82, 2.24) is 30.0 Å². The number of piperazine rings is 1. The first kappa shape index (κ1) is 13.0. The van der Waals surface area contributed by atoms with Gasteiger partial charge in [0.15, 0.2) is 5.69 Å². The zero-order chi connectivity index (χ0) is 13.9. The summed E-state index contributed by atoms with van der Waals surface area (Å²) in [6.07, 6.45) is 1.76. The van der Waals surface area contributed by atoms with Gasteiger partial charge in [0.2, 0.25) is 0 Å². The van der Waals surface area contributed by atoms with Gasteiger partial charge in [0.1, 0.15) is 0 Å². The topological polar surface area (TPSA) is 102 Å². The molecule has 9 heteroatoms. The number of aromatic nitrogens is 5. The van der Waals surface area contributed by atoms with Crippen molar-refractivity contribution in [3.63, 3.8) is 0 Å². The third-order valence-electron chi connectivity index (χ3n) is 3.32. The van der Waals surface area contributed by atoms with E-state index in [0.717, 1.165) is 26.2 Å². The lowest BCUT2D eigenvalue weighted by molar-refractivity contribution is 0.309. The van der Waals surface area contributed by atoms with Gasteiger partial charge in [0.25, 0.3) is 11.8 Å². The molecule has 1 aliphatic rings. The molecule has 0 unspecified atom stereocenters. The fraction of sp³-hybridized carbons (Fsp3) is 0.636. The Labute approximate surface area is 116 Å². The number of anilines is 1. The third kappa shape index (κ3) is 2.63. The molecule has 0 spiro atoms. The largest absolute Gasteiger partial charge is 0.336 e. The van der Waals surface area contributed by atoms with Crippen molar-refractivity contribution in [2.45, 2.75) is 6.54 Å².